The summed E-state index contributed by atoms with van der Waals surface area (Å²) in [4.78, 5) is 12.6. The molecule has 0 unspecified atom stereocenters. The van der Waals surface area contributed by atoms with Crippen LogP contribution in [0.15, 0.2) is 29.2 Å². The first-order valence-corrected chi connectivity index (χ1v) is 8.14. The van der Waals surface area contributed by atoms with Gasteiger partial charge in [-0.3, -0.25) is 4.79 Å². The first-order chi connectivity index (χ1) is 8.74. The van der Waals surface area contributed by atoms with Crippen molar-refractivity contribution in [1.82, 2.24) is 5.32 Å². The number of hydrogen-bond donors (Lipinski definition) is 2. The van der Waals surface area contributed by atoms with E-state index < -0.39 is 0 Å². The Morgan fingerprint density at radius 1 is 1.17 bits per heavy atom. The van der Waals surface area contributed by atoms with Crippen molar-refractivity contribution in [1.29, 1.82) is 0 Å². The highest BCUT2D eigenvalue weighted by atomic mass is 32.2. The van der Waals surface area contributed by atoms with Crippen molar-refractivity contribution in [3.05, 3.63) is 29.8 Å². The third kappa shape index (κ3) is 6.36. The molecule has 0 saturated carbocycles. The summed E-state index contributed by atoms with van der Waals surface area (Å²) in [7, 11) is 0. The summed E-state index contributed by atoms with van der Waals surface area (Å²) in [6.07, 6.45) is 6.92. The van der Waals surface area contributed by atoms with Gasteiger partial charge in [-0.25, -0.2) is 0 Å². The highest BCUT2D eigenvalue weighted by Crippen LogP contribution is 2.08. The van der Waals surface area contributed by atoms with Gasteiger partial charge in [-0.1, -0.05) is 12.8 Å². The van der Waals surface area contributed by atoms with E-state index in [0.717, 1.165) is 17.9 Å². The minimum absolute atomic E-state index is 0.00690. The number of benzene rings is 1. The number of thioether (sulfide) groups is 1. The lowest BCUT2D eigenvalue weighted by Crippen LogP contribution is -2.24. The molecule has 0 heterocycles. The molecule has 0 spiro atoms. The molecule has 4 heteroatoms. The molecule has 0 bridgehead atoms. The second-order valence-corrected chi connectivity index (χ2v) is 5.71. The second kappa shape index (κ2) is 9.34. The molecule has 1 amide bonds. The quantitative estimate of drug-likeness (QED) is 0.563. The SMILES string of the molecule is CSCCCCCCNC(=O)c1ccc(S)cc1. The van der Waals surface area contributed by atoms with Crippen LogP contribution in [-0.4, -0.2) is 24.5 Å². The van der Waals surface area contributed by atoms with Crippen LogP contribution in [-0.2, 0) is 0 Å². The van der Waals surface area contributed by atoms with Gasteiger partial charge in [0.25, 0.3) is 5.91 Å². The lowest BCUT2D eigenvalue weighted by Gasteiger charge is -2.05. The van der Waals surface area contributed by atoms with Crippen LogP contribution in [0.3, 0.4) is 0 Å². The maximum absolute atomic E-state index is 11.8. The number of rotatable bonds is 8. The van der Waals surface area contributed by atoms with E-state index in [1.54, 1.807) is 12.1 Å². The van der Waals surface area contributed by atoms with Crippen LogP contribution in [0.4, 0.5) is 0 Å². The number of amides is 1. The molecule has 1 N–H and O–H groups in total. The van der Waals surface area contributed by atoms with E-state index in [4.69, 9.17) is 0 Å². The monoisotopic (exact) mass is 283 g/mol. The van der Waals surface area contributed by atoms with Crippen LogP contribution in [0.1, 0.15) is 36.0 Å². The van der Waals surface area contributed by atoms with Crippen LogP contribution in [0.5, 0.6) is 0 Å². The second-order valence-electron chi connectivity index (χ2n) is 4.21. The normalized spacial score (nSPS) is 10.3. The van der Waals surface area contributed by atoms with Crippen LogP contribution >= 0.6 is 24.4 Å². The summed E-state index contributed by atoms with van der Waals surface area (Å²) in [5.41, 5.74) is 0.704. The Morgan fingerprint density at radius 3 is 2.50 bits per heavy atom. The molecule has 0 saturated heterocycles. The Bertz CT molecular complexity index is 351. The van der Waals surface area contributed by atoms with Crippen LogP contribution in [0.2, 0.25) is 0 Å². The van der Waals surface area contributed by atoms with Crippen molar-refractivity contribution in [2.24, 2.45) is 0 Å². The minimum Gasteiger partial charge on any atom is -0.352 e. The third-order valence-corrected chi connectivity index (χ3v) is 3.69. The molecule has 2 nitrogen and oxygen atoms in total. The van der Waals surface area contributed by atoms with E-state index in [9.17, 15) is 4.79 Å². The number of hydrogen-bond acceptors (Lipinski definition) is 3. The van der Waals surface area contributed by atoms with Gasteiger partial charge in [-0.05, 0) is 49.1 Å². The van der Waals surface area contributed by atoms with Gasteiger partial charge >= 0.3 is 0 Å². The van der Waals surface area contributed by atoms with Gasteiger partial charge in [-0.15, -0.1) is 12.6 Å². The molecule has 0 aliphatic carbocycles. The van der Waals surface area contributed by atoms with Crippen LogP contribution < -0.4 is 5.32 Å². The zero-order valence-electron chi connectivity index (χ0n) is 10.8. The van der Waals surface area contributed by atoms with E-state index in [0.29, 0.717) is 5.56 Å². The molecule has 0 fully saturated rings. The molecule has 0 aromatic heterocycles. The summed E-state index contributed by atoms with van der Waals surface area (Å²) in [5.74, 6) is 1.25. The van der Waals surface area contributed by atoms with Gasteiger partial charge in [0, 0.05) is 17.0 Å². The Kier molecular flexibility index (Phi) is 8.01. The van der Waals surface area contributed by atoms with Gasteiger partial charge in [-0.2, -0.15) is 11.8 Å². The summed E-state index contributed by atoms with van der Waals surface area (Å²) in [6.45, 7) is 0.765. The fraction of sp³-hybridized carbons (Fsp3) is 0.500. The van der Waals surface area contributed by atoms with E-state index in [1.807, 2.05) is 23.9 Å². The third-order valence-electron chi connectivity index (χ3n) is 2.69. The average Bonchev–Trinajstić information content (AvgIpc) is 2.38. The molecule has 0 aliphatic rings. The molecule has 0 aliphatic heterocycles. The smallest absolute Gasteiger partial charge is 0.251 e. The lowest BCUT2D eigenvalue weighted by atomic mass is 10.2. The summed E-state index contributed by atoms with van der Waals surface area (Å²) in [6, 6.07) is 7.27. The molecule has 1 rings (SSSR count). The maximum atomic E-state index is 11.8. The molecular formula is C14H21NOS2. The number of carbonyl (C=O) groups is 1. The number of thiol groups is 1. The van der Waals surface area contributed by atoms with Crippen molar-refractivity contribution in [2.75, 3.05) is 18.6 Å². The van der Waals surface area contributed by atoms with Gasteiger partial charge < -0.3 is 5.32 Å². The fourth-order valence-electron chi connectivity index (χ4n) is 1.64. The Morgan fingerprint density at radius 2 is 1.83 bits per heavy atom. The Balaban J connectivity index is 2.12. The van der Waals surface area contributed by atoms with Gasteiger partial charge in [0.1, 0.15) is 0 Å². The van der Waals surface area contributed by atoms with E-state index >= 15 is 0 Å². The Labute approximate surface area is 119 Å². The molecule has 0 atom stereocenters. The van der Waals surface area contributed by atoms with E-state index in [2.05, 4.69) is 24.2 Å². The predicted octanol–water partition coefficient (Wildman–Crippen LogP) is 3.63. The molecule has 1 aromatic rings. The molecule has 100 valence electrons. The zero-order chi connectivity index (χ0) is 13.2. The highest BCUT2D eigenvalue weighted by molar-refractivity contribution is 7.98. The van der Waals surface area contributed by atoms with E-state index in [1.165, 1.54) is 25.0 Å². The lowest BCUT2D eigenvalue weighted by molar-refractivity contribution is 0.0953. The average molecular weight is 283 g/mol. The number of unbranched alkanes of at least 4 members (excludes halogenated alkanes) is 3. The minimum atomic E-state index is 0.00690. The zero-order valence-corrected chi connectivity index (χ0v) is 12.5. The molecule has 1 aromatic carbocycles. The largest absolute Gasteiger partial charge is 0.352 e. The maximum Gasteiger partial charge on any atom is 0.251 e. The summed E-state index contributed by atoms with van der Waals surface area (Å²) in [5, 5.41) is 2.94. The van der Waals surface area contributed by atoms with Gasteiger partial charge in [0.15, 0.2) is 0 Å². The number of carbonyl (C=O) groups excluding carboxylic acids is 1. The van der Waals surface area contributed by atoms with Crippen molar-refractivity contribution < 1.29 is 4.79 Å². The van der Waals surface area contributed by atoms with Gasteiger partial charge in [0.05, 0.1) is 0 Å². The van der Waals surface area contributed by atoms with Gasteiger partial charge in [0.2, 0.25) is 0 Å². The molecule has 18 heavy (non-hydrogen) atoms. The summed E-state index contributed by atoms with van der Waals surface area (Å²) < 4.78 is 0. The first-order valence-electron chi connectivity index (χ1n) is 6.30. The standard InChI is InChI=1S/C14H21NOS2/c1-18-11-5-3-2-4-10-15-14(16)12-6-8-13(17)9-7-12/h6-9,17H,2-5,10-11H2,1H3,(H,15,16). The predicted molar refractivity (Wildman–Crippen MR) is 82.9 cm³/mol. The molecular weight excluding hydrogens is 262 g/mol. The number of nitrogens with one attached hydrogen (secondary N) is 1. The van der Waals surface area contributed by atoms with Crippen molar-refractivity contribution in [3.8, 4) is 0 Å². The highest BCUT2D eigenvalue weighted by Gasteiger charge is 2.03. The van der Waals surface area contributed by atoms with Crippen molar-refractivity contribution in [2.45, 2.75) is 30.6 Å². The van der Waals surface area contributed by atoms with E-state index in [-0.39, 0.29) is 5.91 Å². The van der Waals surface area contributed by atoms with Crippen molar-refractivity contribution in [3.63, 3.8) is 0 Å². The summed E-state index contributed by atoms with van der Waals surface area (Å²) >= 11 is 6.09. The first kappa shape index (κ1) is 15.4. The Hall–Kier alpha value is -0.610. The van der Waals surface area contributed by atoms with Crippen molar-refractivity contribution >= 4 is 30.3 Å². The molecule has 0 radical (unpaired) electrons. The fourth-order valence-corrected chi connectivity index (χ4v) is 2.28. The van der Waals surface area contributed by atoms with Crippen LogP contribution in [0, 0.1) is 0 Å². The van der Waals surface area contributed by atoms with Crippen LogP contribution in [0.25, 0.3) is 0 Å². The topological polar surface area (TPSA) is 29.1 Å².